The Kier molecular flexibility index (Phi) is 49.3. The molecule has 634 valence electrons. The molecule has 14 nitrogen and oxygen atoms in total. The fourth-order valence-corrected chi connectivity index (χ4v) is 14.4. The molecule has 32 heteroatoms. The van der Waals surface area contributed by atoms with Gasteiger partial charge in [0.2, 0.25) is 0 Å². The third-order valence-corrected chi connectivity index (χ3v) is 25.3. The van der Waals surface area contributed by atoms with Crippen LogP contribution < -0.4 is 21.3 Å². The second-order valence-electron chi connectivity index (χ2n) is 30.5. The maximum absolute atomic E-state index is 13.6. The molecule has 6 aromatic carbocycles. The fraction of sp³-hybridized carbons (Fsp3) is 0.446. The molecule has 1 unspecified atom stereocenters. The molecule has 0 radical (unpaired) electrons. The van der Waals surface area contributed by atoms with E-state index in [1.807, 2.05) is 81.4 Å². The molecule has 4 N–H and O–H groups in total. The average Bonchev–Trinajstić information content (AvgIpc) is 0.860. The van der Waals surface area contributed by atoms with E-state index in [0.29, 0.717) is 86.4 Å². The summed E-state index contributed by atoms with van der Waals surface area (Å²) in [5.74, 6) is 0.00285. The van der Waals surface area contributed by atoms with Crippen molar-refractivity contribution in [1.82, 2.24) is 21.3 Å². The first-order valence-electron chi connectivity index (χ1n) is 37.4. The minimum absolute atomic E-state index is 0.0146. The van der Waals surface area contributed by atoms with Crippen LogP contribution in [0.25, 0.3) is 0 Å². The summed E-state index contributed by atoms with van der Waals surface area (Å²) in [6, 6.07) is 29.0. The average molecular weight is 2000 g/mol. The zero-order valence-corrected chi connectivity index (χ0v) is 79.5. The van der Waals surface area contributed by atoms with Gasteiger partial charge in [0.25, 0.3) is 0 Å². The van der Waals surface area contributed by atoms with Crippen LogP contribution in [0.4, 0.5) is 45.5 Å². The van der Waals surface area contributed by atoms with Crippen LogP contribution in [0.1, 0.15) is 141 Å². The van der Waals surface area contributed by atoms with Crippen molar-refractivity contribution in [2.75, 3.05) is 25.7 Å². The number of hydrogen-bond acceptors (Lipinski definition) is 10. The van der Waals surface area contributed by atoms with Gasteiger partial charge >= 0.3 is 185 Å². The van der Waals surface area contributed by atoms with Gasteiger partial charge in [0.05, 0.1) is 54.3 Å². The predicted octanol–water partition coefficient (Wildman–Crippen LogP) is 24.6. The molecule has 0 fully saturated rings. The SMILES string of the molecule is C#C[Si](C)(C)C.C#Cc1cc(CCC[C@H](CF)NC(=O)OCc2ccccc2)cc(Cl)c1F.C=CC[C@H](CO[Si](C)(C)C(C)(C)C)NC(=O)OC(C)(C)C.Fc1c(Cl)cc(Br)cc1Br.O=C(N[C@@H](CF)CCCc1cc(Cl)c(F)c(Br)c1)OCc1ccccc1.[2H]S(=O)(=B[3H])C[C@@H](CCCc1cc(Cl)c(F)c(Br)c1)NC(=O)OC(C)(C)C. The number of ether oxygens (including phenoxy) is 4. The minimum atomic E-state index is -3.23. The van der Waals surface area contributed by atoms with Gasteiger partial charge in [0.15, 0.2) is 25.8 Å². The molecular weight excluding hydrogens is 1890 g/mol. The summed E-state index contributed by atoms with van der Waals surface area (Å²) < 4.78 is 135. The van der Waals surface area contributed by atoms with Crippen molar-refractivity contribution in [2.24, 2.45) is 0 Å². The summed E-state index contributed by atoms with van der Waals surface area (Å²) in [6.07, 6.45) is 15.1. The fourth-order valence-electron chi connectivity index (χ4n) is 9.06. The maximum atomic E-state index is 13.6. The van der Waals surface area contributed by atoms with Gasteiger partial charge in [-0.25, -0.2) is 36.3 Å². The first kappa shape index (κ1) is 104. The van der Waals surface area contributed by atoms with Gasteiger partial charge in [0.1, 0.15) is 40.2 Å². The molecule has 0 saturated carbocycles. The normalized spacial score (nSPS) is 12.9. The van der Waals surface area contributed by atoms with E-state index in [1.54, 1.807) is 57.2 Å². The van der Waals surface area contributed by atoms with Crippen molar-refractivity contribution in [3.8, 4) is 24.3 Å². The summed E-state index contributed by atoms with van der Waals surface area (Å²) in [6.45, 7) is 31.8. The number of rotatable bonds is 29. The Morgan fingerprint density at radius 2 is 0.930 bits per heavy atom. The first-order chi connectivity index (χ1) is 54.3. The van der Waals surface area contributed by atoms with Gasteiger partial charge in [-0.15, -0.1) is 25.0 Å². The number of aryl methyl sites for hydroxylation is 3. The van der Waals surface area contributed by atoms with Crippen LogP contribution in [-0.4, -0.2) is 115 Å². The number of halogens is 14. The van der Waals surface area contributed by atoms with E-state index in [1.165, 1.54) is 18.2 Å². The molecule has 0 aliphatic rings. The van der Waals surface area contributed by atoms with Crippen LogP contribution >= 0.6 is 110 Å². The number of alkyl carbamates (subject to hydrolysis) is 4. The van der Waals surface area contributed by atoms with E-state index in [4.69, 9.17) is 85.1 Å². The Morgan fingerprint density at radius 1 is 0.574 bits per heavy atom. The first-order valence-corrected chi connectivity index (χ1v) is 48.9. The van der Waals surface area contributed by atoms with Crippen LogP contribution in [0, 0.1) is 47.6 Å². The third kappa shape index (κ3) is 48.4. The molecule has 5 atom stereocenters. The van der Waals surface area contributed by atoms with E-state index in [-0.39, 0.29) is 60.2 Å². The van der Waals surface area contributed by atoms with Crippen molar-refractivity contribution in [3.05, 3.63) is 216 Å². The van der Waals surface area contributed by atoms with Crippen LogP contribution in [0.15, 0.2) is 140 Å². The summed E-state index contributed by atoms with van der Waals surface area (Å²) in [4.78, 5) is 47.4. The van der Waals surface area contributed by atoms with Crippen molar-refractivity contribution < 1.29 is 73.1 Å². The molecule has 0 aromatic heterocycles. The monoisotopic (exact) mass is 1990 g/mol. The van der Waals surface area contributed by atoms with Crippen molar-refractivity contribution in [1.29, 1.82) is 2.46 Å². The zero-order chi connectivity index (χ0) is 89.2. The van der Waals surface area contributed by atoms with E-state index in [0.717, 1.165) is 32.3 Å². The Bertz CT molecular complexity index is 4290. The third-order valence-electron chi connectivity index (χ3n) is 15.9. The summed E-state index contributed by atoms with van der Waals surface area (Å²) >= 11 is 35.3. The Balaban J connectivity index is 0.000000734. The van der Waals surface area contributed by atoms with Crippen LogP contribution in [0.5, 0.6) is 0 Å². The molecule has 115 heavy (non-hydrogen) atoms. The number of terminal acetylenes is 2. The summed E-state index contributed by atoms with van der Waals surface area (Å²) in [7, 11) is -6.15. The second kappa shape index (κ2) is 54.7. The van der Waals surface area contributed by atoms with Gasteiger partial charge in [-0.1, -0.05) is 164 Å². The predicted molar refractivity (Wildman–Crippen MR) is 480 cm³/mol. The van der Waals surface area contributed by atoms with Gasteiger partial charge in [-0.2, -0.15) is 0 Å². The number of benzene rings is 6. The van der Waals surface area contributed by atoms with Gasteiger partial charge in [-0.05, 0) is 174 Å². The molecule has 0 heterocycles. The molecule has 0 spiro atoms. The van der Waals surface area contributed by atoms with Gasteiger partial charge < -0.3 is 34.6 Å². The number of carbonyl (C=O) groups is 4. The standard InChI is InChI=1S/C21H20ClF2NO2.C19H19BrClF2NO2.C16H23BBrClFNO3S.C16H33NO3Si.C6H2Br2ClF.C5H10Si/c1-2-17-11-16(12-19(22)20(17)24)9-6-10-18(13-23)25-21(26)27-14-15-7-4-3-5-8-15;20-16-9-14(10-17(21)18(16)23)7-4-8-15(11-22)24-19(25)26-12-13-5-2-1-3-6-13;1-16(2,3)24-15(22)21-11(9-25(17)23)6-4-5-10-7-12(18)14(20)13(19)8-10;1-10-11-13(17-14(18)20-15(2,3)4)12-19-21(8,9)16(5,6)7;7-3-1-4(8)6(10)5(9)2-3;1-5-6(2,3)4/h1,3-5,7-8,11-12,18H,6,9-10,13-14H2,(H,25,26);1-3,5-6,9-10,15H,4,7-8,11-12H2,(H,24,25);7-8,11,17,25H,4-6,9H2,1-3H3,(H,21,22);10,13H,1,11-12H2,2-9H3,(H,17,18);1-2H;1H,2-4H3/t18-;15-;11-;13-;;/m1111../s1/i;;17T,25D;;;. The Hall–Kier alpha value is -5.47. The Morgan fingerprint density at radius 3 is 1.27 bits per heavy atom. The molecule has 0 aliphatic heterocycles. The van der Waals surface area contributed by atoms with Crippen LogP contribution in [-0.2, 0) is 66.0 Å². The van der Waals surface area contributed by atoms with Crippen LogP contribution in [0.2, 0.25) is 57.9 Å². The van der Waals surface area contributed by atoms with E-state index in [9.17, 15) is 49.7 Å². The zero-order valence-electron chi connectivity index (χ0n) is 69.3. The molecule has 0 saturated heterocycles. The van der Waals surface area contributed by atoms with Gasteiger partial charge in [-0.3, -0.25) is 0 Å². The number of nitrogens with one attached hydrogen (secondary N) is 4. The van der Waals surface area contributed by atoms with E-state index < -0.39 is 117 Å². The van der Waals surface area contributed by atoms with Crippen molar-refractivity contribution in [3.63, 3.8) is 0 Å². The molecule has 4 amide bonds. The number of hydrogen-bond donors (Lipinski definition) is 5. The Labute approximate surface area is 737 Å². The quantitative estimate of drug-likeness (QED) is 0.00443. The topological polar surface area (TPSA) is 180 Å². The van der Waals surface area contributed by atoms with E-state index in [2.05, 4.69) is 157 Å². The summed E-state index contributed by atoms with van der Waals surface area (Å²) in [5, 5.41) is 10.8. The van der Waals surface area contributed by atoms with E-state index >= 15 is 0 Å². The van der Waals surface area contributed by atoms with Gasteiger partial charge in [0, 0.05) is 4.47 Å². The summed E-state index contributed by atoms with van der Waals surface area (Å²) in [5.41, 5.74) is 5.78. The molecule has 6 rings (SSSR count). The van der Waals surface area contributed by atoms with Crippen molar-refractivity contribution in [2.45, 2.75) is 213 Å². The number of amides is 4. The molecule has 0 aliphatic carbocycles. The molecule has 0 bridgehead atoms. The van der Waals surface area contributed by atoms with Crippen molar-refractivity contribution >= 4 is 168 Å². The molecular formula is C83H107BBr4Cl4F6N4O10SSi2. The second-order valence-corrected chi connectivity index (χ2v) is 46.3. The number of carbonyl (C=O) groups excluding carboxylic acids is 4. The number of alkyl halides is 2. The van der Waals surface area contributed by atoms with Crippen LogP contribution in [0.3, 0.4) is 0 Å². The number of thiol groups is 1. The molecule has 6 aromatic rings.